The first-order valence-electron chi connectivity index (χ1n) is 6.05. The van der Waals surface area contributed by atoms with Crippen molar-refractivity contribution in [2.45, 2.75) is 25.4 Å². The molecule has 4 nitrogen and oxygen atoms in total. The molecule has 112 valence electrons. The van der Waals surface area contributed by atoms with Crippen LogP contribution in [0.1, 0.15) is 29.6 Å². The first-order chi connectivity index (χ1) is 9.33. The van der Waals surface area contributed by atoms with Gasteiger partial charge in [-0.1, -0.05) is 0 Å². The minimum Gasteiger partial charge on any atom is -0.497 e. The van der Waals surface area contributed by atoms with Gasteiger partial charge in [0.15, 0.2) is 0 Å². The summed E-state index contributed by atoms with van der Waals surface area (Å²) in [6, 6.07) is 4.41. The third-order valence-electron chi connectivity index (χ3n) is 2.66. The fourth-order valence-corrected chi connectivity index (χ4v) is 1.66. The molecule has 0 aliphatic heterocycles. The van der Waals surface area contributed by atoms with Crippen molar-refractivity contribution in [3.63, 3.8) is 0 Å². The molecule has 0 saturated carbocycles. The summed E-state index contributed by atoms with van der Waals surface area (Å²) in [4.78, 5) is 11.0. The molecule has 0 unspecified atom stereocenters. The zero-order valence-electron chi connectivity index (χ0n) is 11.0. The summed E-state index contributed by atoms with van der Waals surface area (Å²) in [6.45, 7) is 0.267. The summed E-state index contributed by atoms with van der Waals surface area (Å²) in [5.74, 6) is -0.627. The van der Waals surface area contributed by atoms with Gasteiger partial charge in [-0.3, -0.25) is 0 Å². The molecule has 1 rings (SSSR count). The molecule has 0 atom stereocenters. The van der Waals surface area contributed by atoms with Gasteiger partial charge in [0.05, 0.1) is 18.4 Å². The lowest BCUT2D eigenvalue weighted by Crippen LogP contribution is -2.10. The number of carboxylic acid groups (broad SMARTS) is 1. The zero-order valence-corrected chi connectivity index (χ0v) is 11.0. The van der Waals surface area contributed by atoms with Crippen LogP contribution >= 0.6 is 0 Å². The maximum absolute atomic E-state index is 12.0. The van der Waals surface area contributed by atoms with Gasteiger partial charge in [0.25, 0.3) is 0 Å². The van der Waals surface area contributed by atoms with Crippen LogP contribution in [0.3, 0.4) is 0 Å². The first-order valence-corrected chi connectivity index (χ1v) is 6.05. The molecule has 0 bridgehead atoms. The van der Waals surface area contributed by atoms with Crippen molar-refractivity contribution in [3.8, 4) is 5.75 Å². The van der Waals surface area contributed by atoms with Crippen molar-refractivity contribution in [2.24, 2.45) is 0 Å². The van der Waals surface area contributed by atoms with Crippen LogP contribution in [0, 0.1) is 0 Å². The smallest absolute Gasteiger partial charge is 0.389 e. The Bertz CT molecular complexity index is 461. The van der Waals surface area contributed by atoms with Crippen LogP contribution in [0.25, 0.3) is 0 Å². The van der Waals surface area contributed by atoms with E-state index in [-0.39, 0.29) is 18.5 Å². The Morgan fingerprint density at radius 1 is 1.35 bits per heavy atom. The second kappa shape index (κ2) is 7.02. The number of aromatic carboxylic acids is 1. The normalized spacial score (nSPS) is 11.2. The number of alkyl halides is 3. The van der Waals surface area contributed by atoms with Gasteiger partial charge in [-0.25, -0.2) is 4.79 Å². The Labute approximate surface area is 114 Å². The van der Waals surface area contributed by atoms with Gasteiger partial charge in [-0.15, -0.1) is 0 Å². The summed E-state index contributed by atoms with van der Waals surface area (Å²) >= 11 is 0. The van der Waals surface area contributed by atoms with Crippen LogP contribution in [0.4, 0.5) is 18.9 Å². The van der Waals surface area contributed by atoms with E-state index in [4.69, 9.17) is 9.84 Å². The molecular formula is C13H16F3NO3. The number of hydrogen-bond donors (Lipinski definition) is 2. The molecule has 0 aromatic heterocycles. The lowest BCUT2D eigenvalue weighted by molar-refractivity contribution is -0.135. The molecule has 1 aromatic rings. The number of halogens is 3. The van der Waals surface area contributed by atoms with E-state index in [0.717, 1.165) is 0 Å². The van der Waals surface area contributed by atoms with Crippen LogP contribution in [-0.4, -0.2) is 30.9 Å². The number of methoxy groups -OCH3 is 1. The second-order valence-electron chi connectivity index (χ2n) is 4.22. The summed E-state index contributed by atoms with van der Waals surface area (Å²) in [5, 5.41) is 11.8. The summed E-state index contributed by atoms with van der Waals surface area (Å²) < 4.78 is 40.9. The maximum Gasteiger partial charge on any atom is 0.389 e. The number of unbranched alkanes of at least 4 members (excludes halogenated alkanes) is 1. The fraction of sp³-hybridized carbons (Fsp3) is 0.462. The Hall–Kier alpha value is -1.92. The molecule has 0 radical (unpaired) electrons. The van der Waals surface area contributed by atoms with Crippen LogP contribution in [0.15, 0.2) is 18.2 Å². The first kappa shape index (κ1) is 16.1. The average Bonchev–Trinajstić information content (AvgIpc) is 2.36. The quantitative estimate of drug-likeness (QED) is 0.754. The topological polar surface area (TPSA) is 58.6 Å². The molecule has 0 aliphatic carbocycles. The lowest BCUT2D eigenvalue weighted by Gasteiger charge is -2.11. The Balaban J connectivity index is 2.55. The molecule has 20 heavy (non-hydrogen) atoms. The van der Waals surface area contributed by atoms with E-state index in [9.17, 15) is 18.0 Å². The van der Waals surface area contributed by atoms with E-state index in [1.165, 1.54) is 25.3 Å². The number of nitrogens with one attached hydrogen (secondary N) is 1. The van der Waals surface area contributed by atoms with E-state index in [0.29, 0.717) is 17.9 Å². The highest BCUT2D eigenvalue weighted by Gasteiger charge is 2.25. The van der Waals surface area contributed by atoms with E-state index in [1.807, 2.05) is 0 Å². The molecule has 0 heterocycles. The molecule has 2 N–H and O–H groups in total. The average molecular weight is 291 g/mol. The molecular weight excluding hydrogens is 275 g/mol. The van der Waals surface area contributed by atoms with Crippen molar-refractivity contribution >= 4 is 11.7 Å². The van der Waals surface area contributed by atoms with Crippen molar-refractivity contribution in [3.05, 3.63) is 23.8 Å². The molecule has 0 saturated heterocycles. The third-order valence-corrected chi connectivity index (χ3v) is 2.66. The zero-order chi connectivity index (χ0) is 15.2. The second-order valence-corrected chi connectivity index (χ2v) is 4.22. The standard InChI is InChI=1S/C13H16F3NO3/c1-20-9-4-5-10(12(18)19)11(8-9)17-7-3-2-6-13(14,15)16/h4-5,8,17H,2-3,6-7H2,1H3,(H,18,19). The molecule has 0 fully saturated rings. The van der Waals surface area contributed by atoms with E-state index in [2.05, 4.69) is 5.32 Å². The minimum absolute atomic E-state index is 0.00285. The van der Waals surface area contributed by atoms with Gasteiger partial charge in [-0.2, -0.15) is 13.2 Å². The van der Waals surface area contributed by atoms with Crippen molar-refractivity contribution in [1.29, 1.82) is 0 Å². The summed E-state index contributed by atoms with van der Waals surface area (Å²) in [5.41, 5.74) is 0.394. The summed E-state index contributed by atoms with van der Waals surface area (Å²) in [6.07, 6.45) is -4.68. The van der Waals surface area contributed by atoms with Crippen LogP contribution in [-0.2, 0) is 0 Å². The highest BCUT2D eigenvalue weighted by Crippen LogP contribution is 2.24. The van der Waals surface area contributed by atoms with Gasteiger partial charge < -0.3 is 15.2 Å². The number of benzene rings is 1. The van der Waals surface area contributed by atoms with Crippen molar-refractivity contribution in [2.75, 3.05) is 19.0 Å². The minimum atomic E-state index is -4.15. The highest BCUT2D eigenvalue weighted by atomic mass is 19.4. The van der Waals surface area contributed by atoms with Crippen molar-refractivity contribution < 1.29 is 27.8 Å². The monoisotopic (exact) mass is 291 g/mol. The molecule has 7 heteroatoms. The van der Waals surface area contributed by atoms with Crippen molar-refractivity contribution in [1.82, 2.24) is 0 Å². The number of carbonyl (C=O) groups is 1. The van der Waals surface area contributed by atoms with Crippen LogP contribution < -0.4 is 10.1 Å². The van der Waals surface area contributed by atoms with Crippen LogP contribution in [0.2, 0.25) is 0 Å². The number of rotatable bonds is 7. The lowest BCUT2D eigenvalue weighted by atomic mass is 10.1. The Morgan fingerprint density at radius 3 is 2.60 bits per heavy atom. The van der Waals surface area contributed by atoms with E-state index >= 15 is 0 Å². The number of ether oxygens (including phenoxy) is 1. The Morgan fingerprint density at radius 2 is 2.05 bits per heavy atom. The third kappa shape index (κ3) is 5.38. The number of carboxylic acids is 1. The SMILES string of the molecule is COc1ccc(C(=O)O)c(NCCCCC(F)(F)F)c1. The van der Waals surface area contributed by atoms with E-state index in [1.54, 1.807) is 0 Å². The van der Waals surface area contributed by atoms with Gasteiger partial charge in [0, 0.05) is 19.0 Å². The molecule has 1 aromatic carbocycles. The number of hydrogen-bond acceptors (Lipinski definition) is 3. The van der Waals surface area contributed by atoms with Gasteiger partial charge in [0.2, 0.25) is 0 Å². The highest BCUT2D eigenvalue weighted by molar-refractivity contribution is 5.94. The largest absolute Gasteiger partial charge is 0.497 e. The summed E-state index contributed by atoms with van der Waals surface area (Å²) in [7, 11) is 1.45. The fourth-order valence-electron chi connectivity index (χ4n) is 1.66. The predicted molar refractivity (Wildman–Crippen MR) is 68.3 cm³/mol. The van der Waals surface area contributed by atoms with Gasteiger partial charge >= 0.3 is 12.1 Å². The van der Waals surface area contributed by atoms with Crippen LogP contribution in [0.5, 0.6) is 5.75 Å². The maximum atomic E-state index is 12.0. The van der Waals surface area contributed by atoms with Gasteiger partial charge in [0.1, 0.15) is 5.75 Å². The number of anilines is 1. The van der Waals surface area contributed by atoms with Gasteiger partial charge in [-0.05, 0) is 25.0 Å². The molecule has 0 spiro atoms. The molecule has 0 aliphatic rings. The predicted octanol–water partition coefficient (Wildman–Crippen LogP) is 3.54. The Kier molecular flexibility index (Phi) is 5.66. The molecule has 0 amide bonds. The van der Waals surface area contributed by atoms with E-state index < -0.39 is 18.6 Å².